The van der Waals surface area contributed by atoms with Gasteiger partial charge in [0, 0.05) is 15.2 Å². The van der Waals surface area contributed by atoms with Crippen molar-refractivity contribution in [2.75, 3.05) is 6.61 Å². The fourth-order valence-electron chi connectivity index (χ4n) is 1.38. The Kier molecular flexibility index (Phi) is 3.99. The Morgan fingerprint density at radius 2 is 2.11 bits per heavy atom. The van der Waals surface area contributed by atoms with Crippen LogP contribution in [0.15, 0.2) is 27.6 Å². The number of halogens is 2. The van der Waals surface area contributed by atoms with E-state index in [0.29, 0.717) is 17.0 Å². The van der Waals surface area contributed by atoms with E-state index in [1.807, 2.05) is 0 Å². The third-order valence-electron chi connectivity index (χ3n) is 2.58. The molecule has 1 aliphatic rings. The van der Waals surface area contributed by atoms with Gasteiger partial charge in [0.15, 0.2) is 0 Å². The van der Waals surface area contributed by atoms with Crippen LogP contribution in [0.4, 0.5) is 0 Å². The lowest BCUT2D eigenvalue weighted by atomic mass is 10.2. The van der Waals surface area contributed by atoms with Crippen LogP contribution in [-0.2, 0) is 13.8 Å². The molecule has 0 heterocycles. The smallest absolute Gasteiger partial charge is 0.338 e. The first-order valence-electron chi connectivity index (χ1n) is 5.29. The highest BCUT2D eigenvalue weighted by atomic mass is 79.9. The van der Waals surface area contributed by atoms with Crippen LogP contribution in [0.1, 0.15) is 23.2 Å². The van der Waals surface area contributed by atoms with Crippen molar-refractivity contribution in [3.8, 4) is 0 Å². The molecule has 4 nitrogen and oxygen atoms in total. The van der Waals surface area contributed by atoms with E-state index in [2.05, 4.69) is 15.9 Å². The quantitative estimate of drug-likeness (QED) is 0.617. The third kappa shape index (κ3) is 3.46. The van der Waals surface area contributed by atoms with Gasteiger partial charge in [0.25, 0.3) is 9.05 Å². The number of carbonyl (C=O) groups excluding carboxylic acids is 1. The van der Waals surface area contributed by atoms with Crippen molar-refractivity contribution < 1.29 is 17.9 Å². The molecule has 0 radical (unpaired) electrons. The van der Waals surface area contributed by atoms with Gasteiger partial charge < -0.3 is 4.74 Å². The maximum absolute atomic E-state index is 11.7. The molecule has 0 atom stereocenters. The second-order valence-electron chi connectivity index (χ2n) is 4.12. The monoisotopic (exact) mass is 352 g/mol. The second kappa shape index (κ2) is 5.19. The molecule has 0 spiro atoms. The summed E-state index contributed by atoms with van der Waals surface area (Å²) in [6.07, 6.45) is 2.16. The summed E-state index contributed by atoms with van der Waals surface area (Å²) in [5.74, 6) is -0.0726. The number of esters is 1. The molecule has 0 N–H and O–H groups in total. The lowest BCUT2D eigenvalue weighted by Crippen LogP contribution is -2.08. The van der Waals surface area contributed by atoms with Gasteiger partial charge >= 0.3 is 5.97 Å². The van der Waals surface area contributed by atoms with Gasteiger partial charge in [-0.15, -0.1) is 0 Å². The van der Waals surface area contributed by atoms with Crippen molar-refractivity contribution >= 4 is 41.6 Å². The van der Waals surface area contributed by atoms with Crippen LogP contribution in [0.5, 0.6) is 0 Å². The first kappa shape index (κ1) is 13.8. The molecule has 0 amide bonds. The Balaban J connectivity index is 2.20. The van der Waals surface area contributed by atoms with Crippen molar-refractivity contribution in [1.82, 2.24) is 0 Å². The number of rotatable bonds is 4. The van der Waals surface area contributed by atoms with E-state index >= 15 is 0 Å². The lowest BCUT2D eigenvalue weighted by Gasteiger charge is -2.06. The summed E-state index contributed by atoms with van der Waals surface area (Å²) in [6.45, 7) is 0.387. The van der Waals surface area contributed by atoms with Crippen LogP contribution < -0.4 is 0 Å². The van der Waals surface area contributed by atoms with Gasteiger partial charge in [0.05, 0.1) is 17.1 Å². The minimum atomic E-state index is -3.89. The molecule has 98 valence electrons. The molecule has 0 aliphatic heterocycles. The molecular formula is C11H10BrClO4S. The number of hydrogen-bond acceptors (Lipinski definition) is 4. The zero-order valence-corrected chi connectivity index (χ0v) is 12.4. The van der Waals surface area contributed by atoms with E-state index < -0.39 is 15.0 Å². The molecule has 1 fully saturated rings. The predicted octanol–water partition coefficient (Wildman–Crippen LogP) is 2.94. The van der Waals surface area contributed by atoms with Gasteiger partial charge in [-0.05, 0) is 52.9 Å². The molecule has 1 aromatic rings. The van der Waals surface area contributed by atoms with Gasteiger partial charge in [-0.1, -0.05) is 0 Å². The molecule has 18 heavy (non-hydrogen) atoms. The lowest BCUT2D eigenvalue weighted by molar-refractivity contribution is 0.0486. The molecule has 1 aromatic carbocycles. The standard InChI is InChI=1S/C11H10BrClO4S/c12-9-4-3-8(5-10(9)18(13,15)16)11(14)17-6-7-1-2-7/h3-5,7H,1-2,6H2. The van der Waals surface area contributed by atoms with E-state index in [1.165, 1.54) is 18.2 Å². The average molecular weight is 354 g/mol. The molecule has 1 saturated carbocycles. The molecular weight excluding hydrogens is 344 g/mol. The van der Waals surface area contributed by atoms with Crippen molar-refractivity contribution in [3.05, 3.63) is 28.2 Å². The number of hydrogen-bond donors (Lipinski definition) is 0. The number of benzene rings is 1. The Bertz CT molecular complexity index is 581. The summed E-state index contributed by atoms with van der Waals surface area (Å²) in [7, 11) is 1.38. The highest BCUT2D eigenvalue weighted by Gasteiger charge is 2.24. The van der Waals surface area contributed by atoms with E-state index in [1.54, 1.807) is 0 Å². The highest BCUT2D eigenvalue weighted by Crippen LogP contribution is 2.30. The minimum Gasteiger partial charge on any atom is -0.462 e. The molecule has 1 aliphatic carbocycles. The normalized spacial score (nSPS) is 15.4. The zero-order valence-electron chi connectivity index (χ0n) is 9.23. The fourth-order valence-corrected chi connectivity index (χ4v) is 3.50. The largest absolute Gasteiger partial charge is 0.462 e. The molecule has 2 rings (SSSR count). The van der Waals surface area contributed by atoms with Crippen LogP contribution in [0.2, 0.25) is 0 Å². The first-order chi connectivity index (χ1) is 8.38. The topological polar surface area (TPSA) is 60.4 Å². The average Bonchev–Trinajstić information content (AvgIpc) is 3.08. The van der Waals surface area contributed by atoms with Crippen LogP contribution in [-0.4, -0.2) is 21.0 Å². The third-order valence-corrected chi connectivity index (χ3v) is 4.89. The van der Waals surface area contributed by atoms with Gasteiger partial charge in [0.1, 0.15) is 0 Å². The zero-order chi connectivity index (χ0) is 13.3. The molecule has 0 unspecified atom stereocenters. The second-order valence-corrected chi connectivity index (χ2v) is 7.51. The van der Waals surface area contributed by atoms with Gasteiger partial charge in [-0.25, -0.2) is 13.2 Å². The van der Waals surface area contributed by atoms with E-state index in [-0.39, 0.29) is 10.5 Å². The van der Waals surface area contributed by atoms with Crippen molar-refractivity contribution in [3.63, 3.8) is 0 Å². The van der Waals surface area contributed by atoms with Gasteiger partial charge in [0.2, 0.25) is 0 Å². The Hall–Kier alpha value is -0.590. The molecule has 0 bridgehead atoms. The summed E-state index contributed by atoms with van der Waals surface area (Å²) >= 11 is 3.07. The Labute approximate surface area is 118 Å². The SMILES string of the molecule is O=C(OCC1CC1)c1ccc(Br)c(S(=O)(=O)Cl)c1. The summed E-state index contributed by atoms with van der Waals surface area (Å²) < 4.78 is 28.0. The van der Waals surface area contributed by atoms with Crippen LogP contribution in [0.3, 0.4) is 0 Å². The van der Waals surface area contributed by atoms with Crippen molar-refractivity contribution in [1.29, 1.82) is 0 Å². The fraction of sp³-hybridized carbons (Fsp3) is 0.364. The Morgan fingerprint density at radius 3 is 2.67 bits per heavy atom. The van der Waals surface area contributed by atoms with Gasteiger partial charge in [-0.2, -0.15) is 0 Å². The molecule has 0 saturated heterocycles. The Morgan fingerprint density at radius 1 is 1.44 bits per heavy atom. The van der Waals surface area contributed by atoms with Crippen LogP contribution >= 0.6 is 26.6 Å². The summed E-state index contributed by atoms with van der Waals surface area (Å²) in [5, 5.41) is 0. The maximum atomic E-state index is 11.7. The number of carbonyl (C=O) groups is 1. The van der Waals surface area contributed by atoms with E-state index in [4.69, 9.17) is 15.4 Å². The first-order valence-corrected chi connectivity index (χ1v) is 8.39. The molecule has 7 heteroatoms. The van der Waals surface area contributed by atoms with Gasteiger partial charge in [-0.3, -0.25) is 0 Å². The van der Waals surface area contributed by atoms with E-state index in [9.17, 15) is 13.2 Å². The van der Waals surface area contributed by atoms with Crippen LogP contribution in [0.25, 0.3) is 0 Å². The predicted molar refractivity (Wildman–Crippen MR) is 70.2 cm³/mol. The van der Waals surface area contributed by atoms with Crippen molar-refractivity contribution in [2.45, 2.75) is 17.7 Å². The summed E-state index contributed by atoms with van der Waals surface area (Å²) in [6, 6.07) is 4.16. The summed E-state index contributed by atoms with van der Waals surface area (Å²) in [5.41, 5.74) is 0.179. The van der Waals surface area contributed by atoms with E-state index in [0.717, 1.165) is 12.8 Å². The van der Waals surface area contributed by atoms with Crippen LogP contribution in [0, 0.1) is 5.92 Å². The molecule has 0 aromatic heterocycles. The summed E-state index contributed by atoms with van der Waals surface area (Å²) in [4.78, 5) is 11.6. The maximum Gasteiger partial charge on any atom is 0.338 e. The number of ether oxygens (including phenoxy) is 1. The minimum absolute atomic E-state index is 0.134. The van der Waals surface area contributed by atoms with Crippen molar-refractivity contribution in [2.24, 2.45) is 5.92 Å². The highest BCUT2D eigenvalue weighted by molar-refractivity contribution is 9.10.